The molecule has 0 aromatic carbocycles. The summed E-state index contributed by atoms with van der Waals surface area (Å²) in [5, 5.41) is 8.33. The summed E-state index contributed by atoms with van der Waals surface area (Å²) < 4.78 is 5.44. The highest BCUT2D eigenvalue weighted by Crippen LogP contribution is 2.19. The van der Waals surface area contributed by atoms with Crippen LogP contribution in [0.25, 0.3) is 0 Å². The molecule has 2 aliphatic rings. The fourth-order valence-corrected chi connectivity index (χ4v) is 3.39. The lowest BCUT2D eigenvalue weighted by molar-refractivity contribution is 0.122. The van der Waals surface area contributed by atoms with Crippen LogP contribution in [0.3, 0.4) is 0 Å². The monoisotopic (exact) mass is 358 g/mol. The van der Waals surface area contributed by atoms with Gasteiger partial charge >= 0.3 is 0 Å². The van der Waals surface area contributed by atoms with Gasteiger partial charge in [-0.05, 0) is 6.92 Å². The molecule has 2 saturated heterocycles. The summed E-state index contributed by atoms with van der Waals surface area (Å²) in [4.78, 5) is 18.2. The highest BCUT2D eigenvalue weighted by atomic mass is 16.5. The van der Waals surface area contributed by atoms with E-state index in [1.165, 1.54) is 0 Å². The number of piperazine rings is 1. The Morgan fingerprint density at radius 3 is 2.35 bits per heavy atom. The third-order valence-electron chi connectivity index (χ3n) is 4.90. The predicted octanol–water partition coefficient (Wildman–Crippen LogP) is 0.0353. The zero-order chi connectivity index (χ0) is 17.8. The first-order valence-corrected chi connectivity index (χ1v) is 9.28. The SMILES string of the molecule is Cc1cc(N2CCN(CCn3nccn3)CC2)nc(N2CCOCC2)n1. The molecule has 4 heterocycles. The van der Waals surface area contributed by atoms with E-state index in [-0.39, 0.29) is 0 Å². The molecule has 0 amide bonds. The zero-order valence-corrected chi connectivity index (χ0v) is 15.3. The van der Waals surface area contributed by atoms with E-state index in [2.05, 4.69) is 35.9 Å². The van der Waals surface area contributed by atoms with Crippen molar-refractivity contribution in [3.8, 4) is 0 Å². The Bertz CT molecular complexity index is 693. The number of anilines is 2. The van der Waals surface area contributed by atoms with Crippen LogP contribution in [0, 0.1) is 6.92 Å². The number of rotatable bonds is 5. The van der Waals surface area contributed by atoms with Gasteiger partial charge in [-0.1, -0.05) is 0 Å². The third kappa shape index (κ3) is 4.10. The lowest BCUT2D eigenvalue weighted by atomic mass is 10.3. The number of hydrogen-bond acceptors (Lipinski definition) is 8. The minimum Gasteiger partial charge on any atom is -0.378 e. The maximum absolute atomic E-state index is 5.44. The van der Waals surface area contributed by atoms with Gasteiger partial charge in [-0.15, -0.1) is 0 Å². The standard InChI is InChI=1S/C17H26N8O/c1-15-14-16(21-17(20-15)24-10-12-26-13-11-24)23-7-4-22(5-8-23)6-9-25-18-2-3-19-25/h2-3,14H,4-13H2,1H3. The van der Waals surface area contributed by atoms with E-state index in [1.807, 2.05) is 6.92 Å². The van der Waals surface area contributed by atoms with Crippen molar-refractivity contribution in [2.75, 3.05) is 68.8 Å². The maximum Gasteiger partial charge on any atom is 0.227 e. The molecule has 2 aliphatic heterocycles. The second kappa shape index (κ2) is 7.96. The molecule has 0 bridgehead atoms. The summed E-state index contributed by atoms with van der Waals surface area (Å²) in [6.45, 7) is 11.1. The van der Waals surface area contributed by atoms with Crippen molar-refractivity contribution in [1.29, 1.82) is 0 Å². The Balaban J connectivity index is 1.35. The van der Waals surface area contributed by atoms with Crippen LogP contribution in [0.15, 0.2) is 18.5 Å². The van der Waals surface area contributed by atoms with Crippen molar-refractivity contribution in [3.05, 3.63) is 24.2 Å². The summed E-state index contributed by atoms with van der Waals surface area (Å²) in [6.07, 6.45) is 3.45. The van der Waals surface area contributed by atoms with Gasteiger partial charge in [-0.2, -0.15) is 20.0 Å². The first kappa shape index (κ1) is 17.2. The molecule has 9 heteroatoms. The van der Waals surface area contributed by atoms with Crippen LogP contribution >= 0.6 is 0 Å². The molecule has 0 spiro atoms. The summed E-state index contributed by atoms with van der Waals surface area (Å²) in [5.74, 6) is 1.86. The number of nitrogens with zero attached hydrogens (tertiary/aromatic N) is 8. The molecule has 0 aliphatic carbocycles. The predicted molar refractivity (Wildman–Crippen MR) is 98.5 cm³/mol. The van der Waals surface area contributed by atoms with Crippen molar-refractivity contribution in [2.24, 2.45) is 0 Å². The van der Waals surface area contributed by atoms with E-state index in [9.17, 15) is 0 Å². The number of ether oxygens (including phenoxy) is 1. The first-order chi connectivity index (χ1) is 12.8. The third-order valence-corrected chi connectivity index (χ3v) is 4.90. The average Bonchev–Trinajstić information content (AvgIpc) is 3.21. The van der Waals surface area contributed by atoms with Gasteiger partial charge in [0.05, 0.1) is 32.2 Å². The highest BCUT2D eigenvalue weighted by Gasteiger charge is 2.21. The van der Waals surface area contributed by atoms with Gasteiger partial charge in [0.1, 0.15) is 5.82 Å². The van der Waals surface area contributed by atoms with Crippen LogP contribution in [-0.4, -0.2) is 88.9 Å². The Kier molecular flexibility index (Phi) is 5.26. The van der Waals surface area contributed by atoms with Crippen LogP contribution in [0.5, 0.6) is 0 Å². The van der Waals surface area contributed by atoms with E-state index in [0.717, 1.165) is 83.0 Å². The summed E-state index contributed by atoms with van der Waals surface area (Å²) in [5.41, 5.74) is 1.02. The lowest BCUT2D eigenvalue weighted by Crippen LogP contribution is -2.47. The van der Waals surface area contributed by atoms with Crippen LogP contribution in [-0.2, 0) is 11.3 Å². The van der Waals surface area contributed by atoms with E-state index < -0.39 is 0 Å². The van der Waals surface area contributed by atoms with E-state index in [4.69, 9.17) is 9.72 Å². The molecular weight excluding hydrogens is 332 g/mol. The number of aromatic nitrogens is 5. The smallest absolute Gasteiger partial charge is 0.227 e. The quantitative estimate of drug-likeness (QED) is 0.741. The lowest BCUT2D eigenvalue weighted by Gasteiger charge is -2.36. The van der Waals surface area contributed by atoms with Gasteiger partial charge in [-0.3, -0.25) is 4.90 Å². The molecule has 0 radical (unpaired) electrons. The Labute approximate surface area is 153 Å². The van der Waals surface area contributed by atoms with E-state index >= 15 is 0 Å². The van der Waals surface area contributed by atoms with Gasteiger partial charge < -0.3 is 14.5 Å². The molecule has 2 fully saturated rings. The van der Waals surface area contributed by atoms with Gasteiger partial charge in [0.15, 0.2) is 0 Å². The van der Waals surface area contributed by atoms with Gasteiger partial charge in [0.25, 0.3) is 0 Å². The van der Waals surface area contributed by atoms with Gasteiger partial charge in [0, 0.05) is 57.6 Å². The van der Waals surface area contributed by atoms with Crippen LogP contribution < -0.4 is 9.80 Å². The molecule has 2 aromatic rings. The fraction of sp³-hybridized carbons (Fsp3) is 0.647. The molecule has 2 aromatic heterocycles. The number of hydrogen-bond donors (Lipinski definition) is 0. The molecule has 0 atom stereocenters. The van der Waals surface area contributed by atoms with E-state index in [1.54, 1.807) is 17.2 Å². The summed E-state index contributed by atoms with van der Waals surface area (Å²) >= 11 is 0. The number of aryl methyl sites for hydroxylation is 1. The molecule has 140 valence electrons. The summed E-state index contributed by atoms with van der Waals surface area (Å²) in [6, 6.07) is 2.09. The van der Waals surface area contributed by atoms with Gasteiger partial charge in [0.2, 0.25) is 5.95 Å². The van der Waals surface area contributed by atoms with Crippen LogP contribution in [0.4, 0.5) is 11.8 Å². The Hall–Kier alpha value is -2.26. The van der Waals surface area contributed by atoms with Crippen molar-refractivity contribution >= 4 is 11.8 Å². The van der Waals surface area contributed by atoms with Crippen LogP contribution in [0.2, 0.25) is 0 Å². The first-order valence-electron chi connectivity index (χ1n) is 9.28. The second-order valence-corrected chi connectivity index (χ2v) is 6.72. The normalized spacial score (nSPS) is 19.1. The fourth-order valence-electron chi connectivity index (χ4n) is 3.39. The van der Waals surface area contributed by atoms with Gasteiger partial charge in [-0.25, -0.2) is 4.98 Å². The Morgan fingerprint density at radius 2 is 1.62 bits per heavy atom. The molecule has 4 rings (SSSR count). The topological polar surface area (TPSA) is 75.4 Å². The summed E-state index contributed by atoms with van der Waals surface area (Å²) in [7, 11) is 0. The van der Waals surface area contributed by atoms with Crippen molar-refractivity contribution in [2.45, 2.75) is 13.5 Å². The maximum atomic E-state index is 5.44. The molecule has 0 unspecified atom stereocenters. The zero-order valence-electron chi connectivity index (χ0n) is 15.3. The van der Waals surface area contributed by atoms with Crippen molar-refractivity contribution < 1.29 is 4.74 Å². The molecular formula is C17H26N8O. The largest absolute Gasteiger partial charge is 0.378 e. The van der Waals surface area contributed by atoms with Crippen molar-refractivity contribution in [3.63, 3.8) is 0 Å². The molecule has 9 nitrogen and oxygen atoms in total. The number of morpholine rings is 1. The Morgan fingerprint density at radius 1 is 0.885 bits per heavy atom. The molecule has 0 saturated carbocycles. The van der Waals surface area contributed by atoms with E-state index in [0.29, 0.717) is 0 Å². The van der Waals surface area contributed by atoms with Crippen LogP contribution in [0.1, 0.15) is 5.69 Å². The van der Waals surface area contributed by atoms with Crippen molar-refractivity contribution in [1.82, 2.24) is 29.9 Å². The second-order valence-electron chi connectivity index (χ2n) is 6.72. The highest BCUT2D eigenvalue weighted by molar-refractivity contribution is 5.46. The minimum absolute atomic E-state index is 0.746. The minimum atomic E-state index is 0.746. The average molecular weight is 358 g/mol. The molecule has 0 N–H and O–H groups in total. The molecule has 26 heavy (non-hydrogen) atoms.